The molecule has 0 bridgehead atoms. The number of hydrogen-bond acceptors (Lipinski definition) is 5. The Balaban J connectivity index is 1.69. The minimum atomic E-state index is -4.62. The van der Waals surface area contributed by atoms with Crippen molar-refractivity contribution in [2.24, 2.45) is 5.92 Å². The molecule has 1 saturated heterocycles. The lowest BCUT2D eigenvalue weighted by atomic mass is 9.97. The minimum absolute atomic E-state index is 0.0445. The lowest BCUT2D eigenvalue weighted by Crippen LogP contribution is -2.35. The van der Waals surface area contributed by atoms with Gasteiger partial charge >= 0.3 is 6.18 Å². The third-order valence-corrected chi connectivity index (χ3v) is 7.94. The van der Waals surface area contributed by atoms with Crippen LogP contribution in [0.4, 0.5) is 19.0 Å². The molecule has 0 unspecified atom stereocenters. The predicted molar refractivity (Wildman–Crippen MR) is 134 cm³/mol. The average Bonchev–Trinajstić information content (AvgIpc) is 2.84. The number of aryl methyl sites for hydroxylation is 1. The maximum absolute atomic E-state index is 13.9. The van der Waals surface area contributed by atoms with Crippen LogP contribution in [0.25, 0.3) is 11.3 Å². The van der Waals surface area contributed by atoms with E-state index in [0.29, 0.717) is 23.7 Å². The molecule has 36 heavy (non-hydrogen) atoms. The Hall–Kier alpha value is -2.94. The highest BCUT2D eigenvalue weighted by Crippen LogP contribution is 2.38. The van der Waals surface area contributed by atoms with E-state index in [1.807, 2.05) is 6.92 Å². The van der Waals surface area contributed by atoms with Gasteiger partial charge in [-0.25, -0.2) is 13.4 Å². The Kier molecular flexibility index (Phi) is 7.68. The summed E-state index contributed by atoms with van der Waals surface area (Å²) in [5.41, 5.74) is 0.0197. The minimum Gasteiger partial charge on any atom is -0.356 e. The van der Waals surface area contributed by atoms with Crippen molar-refractivity contribution >= 4 is 15.7 Å². The Bertz CT molecular complexity index is 1330. The molecule has 192 valence electrons. The zero-order chi connectivity index (χ0) is 25.9. The summed E-state index contributed by atoms with van der Waals surface area (Å²) < 4.78 is 68.1. The fraction of sp³-hybridized carbons (Fsp3) is 0.407. The van der Waals surface area contributed by atoms with Gasteiger partial charge in [0.05, 0.1) is 22.7 Å². The lowest BCUT2D eigenvalue weighted by molar-refractivity contribution is -0.137. The summed E-state index contributed by atoms with van der Waals surface area (Å²) >= 11 is 0. The summed E-state index contributed by atoms with van der Waals surface area (Å²) in [5.74, 6) is 0.546. The molecule has 1 aliphatic heterocycles. The fourth-order valence-electron chi connectivity index (χ4n) is 4.67. The van der Waals surface area contributed by atoms with Crippen LogP contribution in [0.5, 0.6) is 0 Å². The molecule has 0 saturated carbocycles. The molecule has 4 rings (SSSR count). The number of halogens is 3. The van der Waals surface area contributed by atoms with Crippen molar-refractivity contribution in [2.45, 2.75) is 56.5 Å². The second-order valence-electron chi connectivity index (χ2n) is 9.39. The van der Waals surface area contributed by atoms with Gasteiger partial charge in [0.25, 0.3) is 0 Å². The molecular formula is C27H30F3N3O2S. The third-order valence-electron chi connectivity index (χ3n) is 6.40. The SMILES string of the molecule is CCCc1ccccc1-c1nc(CS(=O)(=O)c2cccc(N3CCC[C@H](C)C3)n2)ccc1C(F)(F)F. The smallest absolute Gasteiger partial charge is 0.356 e. The van der Waals surface area contributed by atoms with Crippen molar-refractivity contribution in [1.82, 2.24) is 9.97 Å². The monoisotopic (exact) mass is 517 g/mol. The van der Waals surface area contributed by atoms with E-state index in [0.717, 1.165) is 50.0 Å². The van der Waals surface area contributed by atoms with Gasteiger partial charge in [-0.3, -0.25) is 4.98 Å². The molecule has 0 amide bonds. The Morgan fingerprint density at radius 1 is 1.03 bits per heavy atom. The largest absolute Gasteiger partial charge is 0.418 e. The van der Waals surface area contributed by atoms with Crippen LogP contribution in [0, 0.1) is 5.92 Å². The van der Waals surface area contributed by atoms with Gasteiger partial charge in [0.15, 0.2) is 5.03 Å². The quantitative estimate of drug-likeness (QED) is 0.367. The summed E-state index contributed by atoms with van der Waals surface area (Å²) in [6.45, 7) is 5.71. The van der Waals surface area contributed by atoms with E-state index in [-0.39, 0.29) is 16.4 Å². The number of alkyl halides is 3. The van der Waals surface area contributed by atoms with Crippen molar-refractivity contribution in [2.75, 3.05) is 18.0 Å². The van der Waals surface area contributed by atoms with Crippen molar-refractivity contribution in [3.8, 4) is 11.3 Å². The second kappa shape index (κ2) is 10.6. The van der Waals surface area contributed by atoms with Gasteiger partial charge in [0, 0.05) is 18.7 Å². The van der Waals surface area contributed by atoms with Crippen LogP contribution in [0.1, 0.15) is 49.9 Å². The van der Waals surface area contributed by atoms with E-state index in [1.54, 1.807) is 36.4 Å². The Labute approximate surface area is 210 Å². The van der Waals surface area contributed by atoms with E-state index in [1.165, 1.54) is 6.07 Å². The summed E-state index contributed by atoms with van der Waals surface area (Å²) in [6, 6.07) is 13.8. The Morgan fingerprint density at radius 2 is 1.81 bits per heavy atom. The first kappa shape index (κ1) is 26.1. The zero-order valence-electron chi connectivity index (χ0n) is 20.4. The molecule has 0 spiro atoms. The molecule has 1 aliphatic rings. The number of pyridine rings is 2. The van der Waals surface area contributed by atoms with Gasteiger partial charge in [-0.15, -0.1) is 0 Å². The van der Waals surface area contributed by atoms with Crippen LogP contribution in [0.15, 0.2) is 59.6 Å². The van der Waals surface area contributed by atoms with E-state index >= 15 is 0 Å². The van der Waals surface area contributed by atoms with E-state index in [9.17, 15) is 21.6 Å². The molecule has 3 aromatic rings. The van der Waals surface area contributed by atoms with Gasteiger partial charge in [0.2, 0.25) is 9.84 Å². The number of rotatable bonds is 7. The first-order valence-corrected chi connectivity index (χ1v) is 13.8. The molecule has 1 fully saturated rings. The lowest BCUT2D eigenvalue weighted by Gasteiger charge is -2.32. The maximum atomic E-state index is 13.9. The van der Waals surface area contributed by atoms with E-state index in [2.05, 4.69) is 21.8 Å². The molecule has 2 aromatic heterocycles. The first-order valence-electron chi connectivity index (χ1n) is 12.2. The highest BCUT2D eigenvalue weighted by Gasteiger charge is 2.35. The second-order valence-corrected chi connectivity index (χ2v) is 11.3. The topological polar surface area (TPSA) is 63.2 Å². The zero-order valence-corrected chi connectivity index (χ0v) is 21.2. The van der Waals surface area contributed by atoms with Crippen molar-refractivity contribution in [3.05, 3.63) is 71.4 Å². The highest BCUT2D eigenvalue weighted by molar-refractivity contribution is 7.90. The summed E-state index contributed by atoms with van der Waals surface area (Å²) in [6.07, 6.45) is -1.15. The van der Waals surface area contributed by atoms with Gasteiger partial charge in [-0.1, -0.05) is 50.6 Å². The fourth-order valence-corrected chi connectivity index (χ4v) is 5.89. The molecular weight excluding hydrogens is 487 g/mol. The molecule has 3 heterocycles. The number of anilines is 1. The number of nitrogens with zero attached hydrogens (tertiary/aromatic N) is 3. The average molecular weight is 518 g/mol. The van der Waals surface area contributed by atoms with E-state index in [4.69, 9.17) is 0 Å². The van der Waals surface area contributed by atoms with Crippen LogP contribution in [-0.4, -0.2) is 31.5 Å². The predicted octanol–water partition coefficient (Wildman–Crippen LogP) is 6.33. The number of sulfone groups is 1. The van der Waals surface area contributed by atoms with Gasteiger partial charge < -0.3 is 4.90 Å². The number of benzene rings is 1. The maximum Gasteiger partial charge on any atom is 0.418 e. The number of aromatic nitrogens is 2. The number of hydrogen-bond donors (Lipinski definition) is 0. The molecule has 9 heteroatoms. The van der Waals surface area contributed by atoms with Crippen LogP contribution in [-0.2, 0) is 28.2 Å². The number of piperidine rings is 1. The summed E-state index contributed by atoms with van der Waals surface area (Å²) in [4.78, 5) is 10.7. The third kappa shape index (κ3) is 5.88. The van der Waals surface area contributed by atoms with Gasteiger partial charge in [0.1, 0.15) is 5.82 Å². The molecule has 0 N–H and O–H groups in total. The molecule has 1 aromatic carbocycles. The van der Waals surface area contributed by atoms with Crippen molar-refractivity contribution in [1.29, 1.82) is 0 Å². The Morgan fingerprint density at radius 3 is 2.53 bits per heavy atom. The van der Waals surface area contributed by atoms with Crippen LogP contribution in [0.3, 0.4) is 0 Å². The van der Waals surface area contributed by atoms with Gasteiger partial charge in [-0.2, -0.15) is 13.2 Å². The summed E-state index contributed by atoms with van der Waals surface area (Å²) in [5, 5.41) is -0.104. The standard InChI is InChI=1S/C27H30F3N3O2S/c1-3-8-20-10-4-5-11-22(20)26-23(27(28,29)30)15-14-21(31-26)18-36(34,35)25-13-6-12-24(32-25)33-16-7-9-19(2)17-33/h4-6,10-15,19H,3,7-9,16-18H2,1-2H3/t19-/m0/s1. The highest BCUT2D eigenvalue weighted by atomic mass is 32.2. The normalized spacial score (nSPS) is 16.8. The van der Waals surface area contributed by atoms with Crippen LogP contribution < -0.4 is 4.90 Å². The molecule has 0 radical (unpaired) electrons. The molecule has 0 aliphatic carbocycles. The van der Waals surface area contributed by atoms with Crippen LogP contribution in [0.2, 0.25) is 0 Å². The van der Waals surface area contributed by atoms with Crippen LogP contribution >= 0.6 is 0 Å². The molecule has 1 atom stereocenters. The van der Waals surface area contributed by atoms with Gasteiger partial charge in [-0.05, 0) is 55.0 Å². The molecule has 5 nitrogen and oxygen atoms in total. The summed E-state index contributed by atoms with van der Waals surface area (Å²) in [7, 11) is -3.94. The van der Waals surface area contributed by atoms with E-state index < -0.39 is 27.3 Å². The van der Waals surface area contributed by atoms with Crippen molar-refractivity contribution in [3.63, 3.8) is 0 Å². The van der Waals surface area contributed by atoms with Crippen molar-refractivity contribution < 1.29 is 21.6 Å². The first-order chi connectivity index (χ1) is 17.1.